The minimum atomic E-state index is 0.233. The molecule has 94 valence electrons. The molecular formula is C13H21N3O. The van der Waals surface area contributed by atoms with E-state index in [0.29, 0.717) is 0 Å². The molecule has 0 spiro atoms. The molecule has 0 aliphatic carbocycles. The molecule has 4 heteroatoms. The van der Waals surface area contributed by atoms with Crippen LogP contribution in [0.4, 0.5) is 5.82 Å². The standard InChI is InChI=1S/C13H21N3O/c1-13(2,3)10-11-12(15-5-4-14-11)16-6-8-17-9-7-16/h4-5H,6-10H2,1-3H3. The van der Waals surface area contributed by atoms with E-state index in [1.807, 2.05) is 0 Å². The van der Waals surface area contributed by atoms with Gasteiger partial charge < -0.3 is 9.64 Å². The summed E-state index contributed by atoms with van der Waals surface area (Å²) in [4.78, 5) is 11.3. The molecule has 2 rings (SSSR count). The molecule has 1 saturated heterocycles. The van der Waals surface area contributed by atoms with E-state index in [-0.39, 0.29) is 5.41 Å². The molecule has 1 aliphatic heterocycles. The first kappa shape index (κ1) is 12.3. The van der Waals surface area contributed by atoms with Gasteiger partial charge in [-0.1, -0.05) is 20.8 Å². The molecule has 0 amide bonds. The van der Waals surface area contributed by atoms with Crippen molar-refractivity contribution in [2.75, 3.05) is 31.2 Å². The third kappa shape index (κ3) is 3.40. The molecule has 0 saturated carbocycles. The Morgan fingerprint density at radius 3 is 2.47 bits per heavy atom. The van der Waals surface area contributed by atoms with Crippen molar-refractivity contribution in [3.05, 3.63) is 18.1 Å². The topological polar surface area (TPSA) is 38.2 Å². The second kappa shape index (κ2) is 5.00. The molecule has 17 heavy (non-hydrogen) atoms. The van der Waals surface area contributed by atoms with Crippen LogP contribution in [0.5, 0.6) is 0 Å². The van der Waals surface area contributed by atoms with Crippen molar-refractivity contribution in [1.29, 1.82) is 0 Å². The van der Waals surface area contributed by atoms with Gasteiger partial charge in [-0.15, -0.1) is 0 Å². The number of anilines is 1. The summed E-state index contributed by atoms with van der Waals surface area (Å²) >= 11 is 0. The lowest BCUT2D eigenvalue weighted by atomic mass is 9.90. The van der Waals surface area contributed by atoms with Crippen LogP contribution in [-0.4, -0.2) is 36.3 Å². The molecule has 0 atom stereocenters. The van der Waals surface area contributed by atoms with E-state index in [9.17, 15) is 0 Å². The highest BCUT2D eigenvalue weighted by atomic mass is 16.5. The van der Waals surface area contributed by atoms with Crippen LogP contribution in [-0.2, 0) is 11.2 Å². The van der Waals surface area contributed by atoms with Gasteiger partial charge in [-0.25, -0.2) is 4.98 Å². The van der Waals surface area contributed by atoms with Crippen LogP contribution in [0.3, 0.4) is 0 Å². The number of ether oxygens (including phenoxy) is 1. The van der Waals surface area contributed by atoms with E-state index < -0.39 is 0 Å². The lowest BCUT2D eigenvalue weighted by Crippen LogP contribution is -2.37. The van der Waals surface area contributed by atoms with Crippen molar-refractivity contribution in [3.63, 3.8) is 0 Å². The fourth-order valence-electron chi connectivity index (χ4n) is 2.03. The summed E-state index contributed by atoms with van der Waals surface area (Å²) in [5, 5.41) is 0. The average Bonchev–Trinajstić information content (AvgIpc) is 2.29. The molecule has 1 aromatic rings. The molecule has 1 aliphatic rings. The van der Waals surface area contributed by atoms with E-state index in [1.54, 1.807) is 12.4 Å². The van der Waals surface area contributed by atoms with Gasteiger partial charge in [-0.2, -0.15) is 0 Å². The van der Waals surface area contributed by atoms with Gasteiger partial charge in [0.2, 0.25) is 0 Å². The summed E-state index contributed by atoms with van der Waals surface area (Å²) in [6.07, 6.45) is 4.51. The Bertz CT molecular complexity index is 367. The van der Waals surface area contributed by atoms with E-state index in [4.69, 9.17) is 4.74 Å². The van der Waals surface area contributed by atoms with Crippen molar-refractivity contribution in [1.82, 2.24) is 9.97 Å². The van der Waals surface area contributed by atoms with Crippen LogP contribution < -0.4 is 4.90 Å². The fourth-order valence-corrected chi connectivity index (χ4v) is 2.03. The summed E-state index contributed by atoms with van der Waals surface area (Å²) in [6, 6.07) is 0. The zero-order valence-electron chi connectivity index (χ0n) is 10.9. The first-order valence-electron chi connectivity index (χ1n) is 6.19. The minimum Gasteiger partial charge on any atom is -0.378 e. The minimum absolute atomic E-state index is 0.233. The van der Waals surface area contributed by atoms with Crippen LogP contribution >= 0.6 is 0 Å². The van der Waals surface area contributed by atoms with Crippen LogP contribution in [0.15, 0.2) is 12.4 Å². The Kier molecular flexibility index (Phi) is 3.62. The monoisotopic (exact) mass is 235 g/mol. The van der Waals surface area contributed by atoms with Gasteiger partial charge in [-0.05, 0) is 11.8 Å². The highest BCUT2D eigenvalue weighted by molar-refractivity contribution is 5.43. The maximum Gasteiger partial charge on any atom is 0.150 e. The predicted octanol–water partition coefficient (Wildman–Crippen LogP) is 1.90. The molecule has 0 aromatic carbocycles. The summed E-state index contributed by atoms with van der Waals surface area (Å²) in [6.45, 7) is 10.1. The number of hydrogen-bond acceptors (Lipinski definition) is 4. The average molecular weight is 235 g/mol. The lowest BCUT2D eigenvalue weighted by Gasteiger charge is -2.30. The zero-order valence-corrected chi connectivity index (χ0v) is 10.9. The Morgan fingerprint density at radius 2 is 1.82 bits per heavy atom. The number of aromatic nitrogens is 2. The normalized spacial score (nSPS) is 17.2. The summed E-state index contributed by atoms with van der Waals surface area (Å²) in [7, 11) is 0. The third-order valence-electron chi connectivity index (χ3n) is 2.76. The van der Waals surface area contributed by atoms with Gasteiger partial charge >= 0.3 is 0 Å². The van der Waals surface area contributed by atoms with Crippen LogP contribution in [0.2, 0.25) is 0 Å². The summed E-state index contributed by atoms with van der Waals surface area (Å²) < 4.78 is 5.37. The second-order valence-electron chi connectivity index (χ2n) is 5.66. The highest BCUT2D eigenvalue weighted by Crippen LogP contribution is 2.25. The molecule has 0 N–H and O–H groups in total. The van der Waals surface area contributed by atoms with Gasteiger partial charge in [0.25, 0.3) is 0 Å². The molecule has 1 fully saturated rings. The molecule has 0 radical (unpaired) electrons. The molecule has 1 aromatic heterocycles. The Morgan fingerprint density at radius 1 is 1.18 bits per heavy atom. The lowest BCUT2D eigenvalue weighted by molar-refractivity contribution is 0.122. The van der Waals surface area contributed by atoms with E-state index in [0.717, 1.165) is 44.2 Å². The summed E-state index contributed by atoms with van der Waals surface area (Å²) in [5.41, 5.74) is 1.33. The molecule has 0 bridgehead atoms. The first-order valence-corrected chi connectivity index (χ1v) is 6.19. The van der Waals surface area contributed by atoms with E-state index >= 15 is 0 Å². The molecule has 2 heterocycles. The molecular weight excluding hydrogens is 214 g/mol. The maximum absolute atomic E-state index is 5.37. The van der Waals surface area contributed by atoms with Crippen molar-refractivity contribution in [2.24, 2.45) is 5.41 Å². The maximum atomic E-state index is 5.37. The van der Waals surface area contributed by atoms with Gasteiger partial charge in [0.05, 0.1) is 18.9 Å². The highest BCUT2D eigenvalue weighted by Gasteiger charge is 2.20. The first-order chi connectivity index (χ1) is 8.06. The van der Waals surface area contributed by atoms with E-state index in [2.05, 4.69) is 35.6 Å². The van der Waals surface area contributed by atoms with Crippen molar-refractivity contribution >= 4 is 5.82 Å². The van der Waals surface area contributed by atoms with Gasteiger partial charge in [0.15, 0.2) is 0 Å². The van der Waals surface area contributed by atoms with Crippen molar-refractivity contribution in [2.45, 2.75) is 27.2 Å². The predicted molar refractivity (Wildman–Crippen MR) is 68.2 cm³/mol. The number of rotatable bonds is 2. The van der Waals surface area contributed by atoms with Crippen molar-refractivity contribution in [3.8, 4) is 0 Å². The number of hydrogen-bond donors (Lipinski definition) is 0. The Labute approximate surface area is 103 Å². The van der Waals surface area contributed by atoms with Crippen LogP contribution in [0.25, 0.3) is 0 Å². The van der Waals surface area contributed by atoms with Gasteiger partial charge in [0, 0.05) is 25.5 Å². The fraction of sp³-hybridized carbons (Fsp3) is 0.692. The third-order valence-corrected chi connectivity index (χ3v) is 2.76. The number of morpholine rings is 1. The quantitative estimate of drug-likeness (QED) is 0.784. The largest absolute Gasteiger partial charge is 0.378 e. The Balaban J connectivity index is 2.20. The van der Waals surface area contributed by atoms with Crippen molar-refractivity contribution < 1.29 is 4.74 Å². The van der Waals surface area contributed by atoms with Crippen LogP contribution in [0, 0.1) is 5.41 Å². The van der Waals surface area contributed by atoms with Gasteiger partial charge in [-0.3, -0.25) is 4.98 Å². The van der Waals surface area contributed by atoms with Crippen LogP contribution in [0.1, 0.15) is 26.5 Å². The Hall–Kier alpha value is -1.16. The smallest absolute Gasteiger partial charge is 0.150 e. The SMILES string of the molecule is CC(C)(C)Cc1nccnc1N1CCOCC1. The summed E-state index contributed by atoms with van der Waals surface area (Å²) in [5.74, 6) is 1.03. The molecule has 4 nitrogen and oxygen atoms in total. The second-order valence-corrected chi connectivity index (χ2v) is 5.66. The van der Waals surface area contributed by atoms with Gasteiger partial charge in [0.1, 0.15) is 5.82 Å². The zero-order chi connectivity index (χ0) is 12.3. The number of nitrogens with zero attached hydrogens (tertiary/aromatic N) is 3. The van der Waals surface area contributed by atoms with E-state index in [1.165, 1.54) is 0 Å². The molecule has 0 unspecified atom stereocenters.